The molecule has 31 heavy (non-hydrogen) atoms. The number of fused-ring (bicyclic) bond motifs is 1. The van der Waals surface area contributed by atoms with E-state index in [9.17, 15) is 4.79 Å². The number of aryl methyl sites for hydroxylation is 1. The van der Waals surface area contributed by atoms with Gasteiger partial charge in [-0.15, -0.1) is 6.58 Å². The van der Waals surface area contributed by atoms with E-state index in [1.54, 1.807) is 6.20 Å². The number of aromatic nitrogens is 1. The van der Waals surface area contributed by atoms with Gasteiger partial charge in [-0.25, -0.2) is 4.79 Å². The van der Waals surface area contributed by atoms with E-state index in [0.717, 1.165) is 41.4 Å². The first kappa shape index (κ1) is 22.7. The summed E-state index contributed by atoms with van der Waals surface area (Å²) >= 11 is 0. The molecule has 0 spiro atoms. The molecule has 2 heterocycles. The van der Waals surface area contributed by atoms with Crippen LogP contribution < -0.4 is 5.32 Å². The molecule has 0 radical (unpaired) electrons. The van der Waals surface area contributed by atoms with Crippen molar-refractivity contribution < 1.29 is 9.53 Å². The second-order valence-corrected chi connectivity index (χ2v) is 7.70. The van der Waals surface area contributed by atoms with Crippen LogP contribution in [0.3, 0.4) is 0 Å². The average molecular weight is 417 g/mol. The van der Waals surface area contributed by atoms with Gasteiger partial charge in [-0.05, 0) is 49.9 Å². The van der Waals surface area contributed by atoms with Crippen LogP contribution in [0.25, 0.3) is 10.9 Å². The molecule has 162 valence electrons. The molecule has 1 aliphatic heterocycles. The first-order valence-corrected chi connectivity index (χ1v) is 11.1. The molecule has 2 aromatic carbocycles. The summed E-state index contributed by atoms with van der Waals surface area (Å²) in [5, 5.41) is 4.60. The lowest BCUT2D eigenvalue weighted by Crippen LogP contribution is -2.43. The first-order chi connectivity index (χ1) is 15.2. The number of hydrogen-bond donors (Lipinski definition) is 1. The summed E-state index contributed by atoms with van der Waals surface area (Å²) < 4.78 is 6.12. The minimum Gasteiger partial charge on any atom is -0.452 e. The molecule has 4 rings (SSSR count). The van der Waals surface area contributed by atoms with Gasteiger partial charge in [0.15, 0.2) is 0 Å². The molecule has 3 unspecified atom stereocenters. The number of ether oxygens (including phenoxy) is 1. The molecular formula is C27H32N2O2. The number of benzene rings is 2. The molecule has 1 saturated heterocycles. The SMILES string of the molecule is C=CC1CCC(C(OC(=O)c2ccc(C)cc2)c2ccnc3ccccc23)NC1.CC. The fourth-order valence-electron chi connectivity index (χ4n) is 3.96. The molecule has 1 N–H and O–H groups in total. The van der Waals surface area contributed by atoms with Crippen LogP contribution in [0.5, 0.6) is 0 Å². The van der Waals surface area contributed by atoms with Crippen molar-refractivity contribution in [1.82, 2.24) is 10.3 Å². The quantitative estimate of drug-likeness (QED) is 0.408. The predicted octanol–water partition coefficient (Wildman–Crippen LogP) is 6.02. The van der Waals surface area contributed by atoms with Crippen molar-refractivity contribution in [3.05, 3.63) is 90.1 Å². The highest BCUT2D eigenvalue weighted by Crippen LogP contribution is 2.33. The van der Waals surface area contributed by atoms with Crippen molar-refractivity contribution in [3.63, 3.8) is 0 Å². The highest BCUT2D eigenvalue weighted by molar-refractivity contribution is 5.90. The van der Waals surface area contributed by atoms with E-state index in [-0.39, 0.29) is 18.1 Å². The largest absolute Gasteiger partial charge is 0.452 e. The zero-order chi connectivity index (χ0) is 22.2. The second kappa shape index (κ2) is 10.9. The van der Waals surface area contributed by atoms with Gasteiger partial charge >= 0.3 is 5.97 Å². The summed E-state index contributed by atoms with van der Waals surface area (Å²) in [6, 6.07) is 17.5. The number of nitrogens with one attached hydrogen (secondary N) is 1. The Balaban J connectivity index is 0.00000132. The van der Waals surface area contributed by atoms with Crippen LogP contribution in [0.1, 0.15) is 54.3 Å². The molecule has 1 fully saturated rings. The van der Waals surface area contributed by atoms with Gasteiger partial charge in [-0.2, -0.15) is 0 Å². The summed E-state index contributed by atoms with van der Waals surface area (Å²) in [5.41, 5.74) is 3.58. The molecule has 0 saturated carbocycles. The molecule has 4 nitrogen and oxygen atoms in total. The molecule has 0 bridgehead atoms. The molecule has 1 aliphatic rings. The molecule has 4 heteroatoms. The van der Waals surface area contributed by atoms with Gasteiger partial charge in [0.1, 0.15) is 6.10 Å². The van der Waals surface area contributed by atoms with Crippen LogP contribution in [0.15, 0.2) is 73.4 Å². The summed E-state index contributed by atoms with van der Waals surface area (Å²) in [4.78, 5) is 17.4. The van der Waals surface area contributed by atoms with E-state index in [4.69, 9.17) is 4.74 Å². The van der Waals surface area contributed by atoms with Gasteiger partial charge in [0, 0.05) is 29.7 Å². The average Bonchev–Trinajstić information content (AvgIpc) is 2.84. The summed E-state index contributed by atoms with van der Waals surface area (Å²) in [6.07, 6.45) is 5.35. The van der Waals surface area contributed by atoms with Gasteiger partial charge in [0.25, 0.3) is 0 Å². The number of hydrogen-bond acceptors (Lipinski definition) is 4. The van der Waals surface area contributed by atoms with E-state index in [1.165, 1.54) is 0 Å². The molecule has 0 aliphatic carbocycles. The van der Waals surface area contributed by atoms with Crippen LogP contribution in [0, 0.1) is 12.8 Å². The Bertz CT molecular complexity index is 1000. The number of pyridine rings is 1. The highest BCUT2D eigenvalue weighted by Gasteiger charge is 2.31. The molecule has 3 aromatic rings. The topological polar surface area (TPSA) is 51.2 Å². The van der Waals surface area contributed by atoms with Gasteiger partial charge in [-0.3, -0.25) is 4.98 Å². The smallest absolute Gasteiger partial charge is 0.338 e. The Hall–Kier alpha value is -2.98. The summed E-state index contributed by atoms with van der Waals surface area (Å²) in [6.45, 7) is 10.8. The molecule has 3 atom stereocenters. The maximum absolute atomic E-state index is 13.0. The number of piperidine rings is 1. The van der Waals surface area contributed by atoms with Gasteiger partial charge in [0.05, 0.1) is 11.1 Å². The Labute approximate surface area is 185 Å². The fourth-order valence-corrected chi connectivity index (χ4v) is 3.96. The zero-order valence-electron chi connectivity index (χ0n) is 18.7. The fraction of sp³-hybridized carbons (Fsp3) is 0.333. The number of carbonyl (C=O) groups excluding carboxylic acids is 1. The van der Waals surface area contributed by atoms with Gasteiger partial charge in [0.2, 0.25) is 0 Å². The lowest BCUT2D eigenvalue weighted by molar-refractivity contribution is 0.0157. The standard InChI is InChI=1S/C25H26N2O2.C2H6/c1-3-18-10-13-23(27-16-18)24(29-25(28)19-11-8-17(2)9-12-19)21-14-15-26-22-7-5-4-6-20(21)22;1-2/h3-9,11-12,14-15,18,23-24,27H,1,10,13,16H2,2H3;1-2H3. The third kappa shape index (κ3) is 5.39. The monoisotopic (exact) mass is 416 g/mol. The molecular weight excluding hydrogens is 384 g/mol. The van der Waals surface area contributed by atoms with E-state index in [2.05, 4.69) is 16.9 Å². The highest BCUT2D eigenvalue weighted by atomic mass is 16.5. The van der Waals surface area contributed by atoms with Crippen LogP contribution >= 0.6 is 0 Å². The van der Waals surface area contributed by atoms with E-state index < -0.39 is 0 Å². The number of rotatable bonds is 5. The predicted molar refractivity (Wildman–Crippen MR) is 127 cm³/mol. The van der Waals surface area contributed by atoms with E-state index in [1.807, 2.05) is 81.4 Å². The minimum absolute atomic E-state index is 0.0476. The summed E-state index contributed by atoms with van der Waals surface area (Å²) in [7, 11) is 0. The zero-order valence-corrected chi connectivity index (χ0v) is 18.7. The van der Waals surface area contributed by atoms with Crippen LogP contribution in [0.2, 0.25) is 0 Å². The lowest BCUT2D eigenvalue weighted by atomic mass is 9.88. The van der Waals surface area contributed by atoms with Crippen molar-refractivity contribution in [3.8, 4) is 0 Å². The van der Waals surface area contributed by atoms with Gasteiger partial charge < -0.3 is 10.1 Å². The van der Waals surface area contributed by atoms with Crippen molar-refractivity contribution in [2.24, 2.45) is 5.92 Å². The summed E-state index contributed by atoms with van der Waals surface area (Å²) in [5.74, 6) is 0.150. The number of nitrogens with zero attached hydrogens (tertiary/aromatic N) is 1. The number of esters is 1. The van der Waals surface area contributed by atoms with Gasteiger partial charge in [-0.1, -0.05) is 55.8 Å². The van der Waals surface area contributed by atoms with Crippen molar-refractivity contribution in [2.45, 2.75) is 45.8 Å². The number of para-hydroxylation sites is 1. The Morgan fingerprint density at radius 3 is 2.55 bits per heavy atom. The first-order valence-electron chi connectivity index (χ1n) is 11.1. The van der Waals surface area contributed by atoms with Crippen molar-refractivity contribution >= 4 is 16.9 Å². The van der Waals surface area contributed by atoms with E-state index >= 15 is 0 Å². The van der Waals surface area contributed by atoms with Crippen LogP contribution in [0.4, 0.5) is 0 Å². The maximum Gasteiger partial charge on any atom is 0.338 e. The molecule has 1 aromatic heterocycles. The van der Waals surface area contributed by atoms with Crippen LogP contribution in [-0.2, 0) is 4.74 Å². The Kier molecular flexibility index (Phi) is 7.96. The normalized spacial score (nSPS) is 19.1. The second-order valence-electron chi connectivity index (χ2n) is 7.70. The third-order valence-corrected chi connectivity index (χ3v) is 5.70. The third-order valence-electron chi connectivity index (χ3n) is 5.70. The minimum atomic E-state index is -0.387. The Morgan fingerprint density at radius 1 is 1.13 bits per heavy atom. The number of carbonyl (C=O) groups is 1. The van der Waals surface area contributed by atoms with Crippen LogP contribution in [-0.4, -0.2) is 23.5 Å². The van der Waals surface area contributed by atoms with Crippen molar-refractivity contribution in [1.29, 1.82) is 0 Å². The van der Waals surface area contributed by atoms with Crippen molar-refractivity contribution in [2.75, 3.05) is 6.54 Å². The maximum atomic E-state index is 13.0. The molecule has 0 amide bonds. The Morgan fingerprint density at radius 2 is 1.87 bits per heavy atom. The van der Waals surface area contributed by atoms with E-state index in [0.29, 0.717) is 11.5 Å². The lowest BCUT2D eigenvalue weighted by Gasteiger charge is -2.34.